The predicted octanol–water partition coefficient (Wildman–Crippen LogP) is 3.81. The van der Waals surface area contributed by atoms with Gasteiger partial charge in [0.1, 0.15) is 0 Å². The van der Waals surface area contributed by atoms with Gasteiger partial charge in [0.15, 0.2) is 0 Å². The zero-order valence-corrected chi connectivity index (χ0v) is 11.1. The Morgan fingerprint density at radius 2 is 1.87 bits per heavy atom. The van der Waals surface area contributed by atoms with Crippen molar-refractivity contribution in [3.8, 4) is 0 Å². The highest BCUT2D eigenvalue weighted by molar-refractivity contribution is 7.51. The lowest BCUT2D eigenvalue weighted by molar-refractivity contribution is 0.257. The van der Waals surface area contributed by atoms with Gasteiger partial charge in [-0.05, 0) is 12.3 Å². The summed E-state index contributed by atoms with van der Waals surface area (Å²) in [6.45, 7) is 6.14. The molecule has 0 saturated carbocycles. The second-order valence-electron chi connectivity index (χ2n) is 4.35. The number of hydrogen-bond acceptors (Lipinski definition) is 2. The SMILES string of the molecule is CC[C@@H](C)CCCCCCOP(C)(=O)O. The van der Waals surface area contributed by atoms with E-state index < -0.39 is 7.60 Å². The van der Waals surface area contributed by atoms with Gasteiger partial charge in [-0.1, -0.05) is 46.0 Å². The summed E-state index contributed by atoms with van der Waals surface area (Å²) < 4.78 is 15.6. The normalized spacial score (nSPS) is 17.3. The molecule has 1 unspecified atom stereocenters. The Bertz CT molecular complexity index is 188. The lowest BCUT2D eigenvalue weighted by Crippen LogP contribution is -1.94. The molecule has 3 nitrogen and oxygen atoms in total. The first-order valence-electron chi connectivity index (χ1n) is 5.90. The van der Waals surface area contributed by atoms with Crippen molar-refractivity contribution in [2.24, 2.45) is 5.92 Å². The molecule has 92 valence electrons. The van der Waals surface area contributed by atoms with Crippen molar-refractivity contribution in [2.45, 2.75) is 52.4 Å². The van der Waals surface area contributed by atoms with E-state index in [1.807, 2.05) is 0 Å². The van der Waals surface area contributed by atoms with Crippen LogP contribution in [-0.2, 0) is 9.09 Å². The van der Waals surface area contributed by atoms with Gasteiger partial charge in [0.2, 0.25) is 0 Å². The van der Waals surface area contributed by atoms with Crippen LogP contribution in [0.2, 0.25) is 0 Å². The number of rotatable bonds is 9. The Morgan fingerprint density at radius 3 is 2.40 bits per heavy atom. The van der Waals surface area contributed by atoms with E-state index in [0.29, 0.717) is 6.61 Å². The fourth-order valence-electron chi connectivity index (χ4n) is 1.39. The highest BCUT2D eigenvalue weighted by atomic mass is 31.2. The molecule has 0 aliphatic carbocycles. The molecule has 2 atom stereocenters. The third kappa shape index (κ3) is 12.1. The minimum absolute atomic E-state index is 0.410. The van der Waals surface area contributed by atoms with Crippen molar-refractivity contribution in [3.05, 3.63) is 0 Å². The van der Waals surface area contributed by atoms with Crippen LogP contribution < -0.4 is 0 Å². The average molecular weight is 236 g/mol. The van der Waals surface area contributed by atoms with Gasteiger partial charge >= 0.3 is 7.60 Å². The van der Waals surface area contributed by atoms with Crippen LogP contribution in [-0.4, -0.2) is 18.2 Å². The van der Waals surface area contributed by atoms with Gasteiger partial charge in [0.25, 0.3) is 0 Å². The molecule has 0 aromatic carbocycles. The zero-order valence-electron chi connectivity index (χ0n) is 10.2. The molecule has 0 amide bonds. The molecule has 0 aromatic heterocycles. The van der Waals surface area contributed by atoms with Crippen molar-refractivity contribution in [1.29, 1.82) is 0 Å². The van der Waals surface area contributed by atoms with E-state index in [9.17, 15) is 4.57 Å². The fraction of sp³-hybridized carbons (Fsp3) is 1.00. The van der Waals surface area contributed by atoms with Crippen LogP contribution in [0.1, 0.15) is 52.4 Å². The molecule has 15 heavy (non-hydrogen) atoms. The molecule has 0 bridgehead atoms. The minimum Gasteiger partial charge on any atom is -0.324 e. The second kappa shape index (κ2) is 8.32. The maximum Gasteiger partial charge on any atom is 0.325 e. The fourth-order valence-corrected chi connectivity index (χ4v) is 1.85. The lowest BCUT2D eigenvalue weighted by Gasteiger charge is -2.08. The quantitative estimate of drug-likeness (QED) is 0.489. The lowest BCUT2D eigenvalue weighted by atomic mass is 10.0. The van der Waals surface area contributed by atoms with E-state index in [2.05, 4.69) is 13.8 Å². The second-order valence-corrected chi connectivity index (χ2v) is 6.22. The van der Waals surface area contributed by atoms with E-state index in [1.165, 1.54) is 32.3 Å². The molecule has 0 aliphatic heterocycles. The molecule has 0 aliphatic rings. The van der Waals surface area contributed by atoms with Crippen molar-refractivity contribution in [1.82, 2.24) is 0 Å². The molecule has 0 radical (unpaired) electrons. The van der Waals surface area contributed by atoms with Crippen LogP contribution in [0.25, 0.3) is 0 Å². The topological polar surface area (TPSA) is 46.5 Å². The number of hydrogen-bond donors (Lipinski definition) is 1. The molecule has 0 saturated heterocycles. The predicted molar refractivity (Wildman–Crippen MR) is 64.2 cm³/mol. The first-order valence-corrected chi connectivity index (χ1v) is 7.93. The van der Waals surface area contributed by atoms with Crippen LogP contribution in [0.5, 0.6) is 0 Å². The van der Waals surface area contributed by atoms with Gasteiger partial charge in [-0.3, -0.25) is 4.57 Å². The highest BCUT2D eigenvalue weighted by Crippen LogP contribution is 2.36. The minimum atomic E-state index is -3.24. The van der Waals surface area contributed by atoms with E-state index in [0.717, 1.165) is 18.8 Å². The summed E-state index contributed by atoms with van der Waals surface area (Å²) >= 11 is 0. The summed E-state index contributed by atoms with van der Waals surface area (Å²) in [7, 11) is -3.24. The highest BCUT2D eigenvalue weighted by Gasteiger charge is 2.08. The van der Waals surface area contributed by atoms with Gasteiger partial charge < -0.3 is 9.42 Å². The molecular weight excluding hydrogens is 211 g/mol. The first-order chi connectivity index (χ1) is 6.95. The summed E-state index contributed by atoms with van der Waals surface area (Å²) in [6, 6.07) is 0. The van der Waals surface area contributed by atoms with Crippen LogP contribution >= 0.6 is 7.60 Å². The molecule has 0 fully saturated rings. The summed E-state index contributed by atoms with van der Waals surface area (Å²) in [5, 5.41) is 0. The monoisotopic (exact) mass is 236 g/mol. The average Bonchev–Trinajstić information content (AvgIpc) is 2.14. The van der Waals surface area contributed by atoms with Gasteiger partial charge in [-0.25, -0.2) is 0 Å². The Labute approximate surface area is 93.8 Å². The largest absolute Gasteiger partial charge is 0.325 e. The van der Waals surface area contributed by atoms with Crippen molar-refractivity contribution >= 4 is 7.60 Å². The van der Waals surface area contributed by atoms with E-state index in [1.54, 1.807) is 0 Å². The summed E-state index contributed by atoms with van der Waals surface area (Å²) in [6.07, 6.45) is 7.00. The van der Waals surface area contributed by atoms with Gasteiger partial charge in [0, 0.05) is 6.66 Å². The van der Waals surface area contributed by atoms with Crippen molar-refractivity contribution in [3.63, 3.8) is 0 Å². The molecule has 0 aromatic rings. The van der Waals surface area contributed by atoms with Gasteiger partial charge in [-0.2, -0.15) is 0 Å². The van der Waals surface area contributed by atoms with Crippen LogP contribution in [0.3, 0.4) is 0 Å². The standard InChI is InChI=1S/C11H25O3P/c1-4-11(2)9-7-5-6-8-10-14-15(3,12)13/h11H,4-10H2,1-3H3,(H,12,13)/t11-/m1/s1. The van der Waals surface area contributed by atoms with Crippen LogP contribution in [0.15, 0.2) is 0 Å². The Kier molecular flexibility index (Phi) is 8.40. The van der Waals surface area contributed by atoms with E-state index >= 15 is 0 Å². The van der Waals surface area contributed by atoms with Crippen LogP contribution in [0, 0.1) is 5.92 Å². The summed E-state index contributed by atoms with van der Waals surface area (Å²) in [4.78, 5) is 8.86. The van der Waals surface area contributed by atoms with E-state index in [4.69, 9.17) is 9.42 Å². The third-order valence-electron chi connectivity index (χ3n) is 2.62. The molecule has 4 heteroatoms. The third-order valence-corrected chi connectivity index (χ3v) is 3.28. The molecule has 0 spiro atoms. The molecular formula is C11H25O3P. The Hall–Kier alpha value is 0.150. The molecule has 1 N–H and O–H groups in total. The Balaban J connectivity index is 3.16. The smallest absolute Gasteiger partial charge is 0.324 e. The maximum atomic E-state index is 10.8. The maximum absolute atomic E-state index is 10.8. The zero-order chi connectivity index (χ0) is 11.7. The first kappa shape index (κ1) is 15.2. The summed E-state index contributed by atoms with van der Waals surface area (Å²) in [5.41, 5.74) is 0. The van der Waals surface area contributed by atoms with Crippen LogP contribution in [0.4, 0.5) is 0 Å². The summed E-state index contributed by atoms with van der Waals surface area (Å²) in [5.74, 6) is 0.828. The van der Waals surface area contributed by atoms with Crippen molar-refractivity contribution in [2.75, 3.05) is 13.3 Å². The number of unbranched alkanes of at least 4 members (excludes halogenated alkanes) is 3. The van der Waals surface area contributed by atoms with E-state index in [-0.39, 0.29) is 0 Å². The van der Waals surface area contributed by atoms with Crippen molar-refractivity contribution < 1.29 is 14.0 Å². The molecule has 0 rings (SSSR count). The Morgan fingerprint density at radius 1 is 1.27 bits per heavy atom. The van der Waals surface area contributed by atoms with Gasteiger partial charge in [0.05, 0.1) is 6.61 Å². The van der Waals surface area contributed by atoms with Gasteiger partial charge in [-0.15, -0.1) is 0 Å². The molecule has 0 heterocycles.